The SMILES string of the molecule is C=C1C[C@H]2c3oc(cc3C(=O)OC)[C@H]3O[C@]3(C)C[C@@H]3OC(=O)[C@]4(O[C@@H]34)[C@H](OC(C)=O)C[C@@H]12. The van der Waals surface area contributed by atoms with E-state index in [1.165, 1.54) is 14.0 Å². The zero-order valence-electron chi connectivity index (χ0n) is 18.0. The fourth-order valence-corrected chi connectivity index (χ4v) is 5.82. The summed E-state index contributed by atoms with van der Waals surface area (Å²) in [6.45, 7) is 7.35. The van der Waals surface area contributed by atoms with Crippen LogP contribution < -0.4 is 0 Å². The third kappa shape index (κ3) is 2.55. The summed E-state index contributed by atoms with van der Waals surface area (Å²) in [5.41, 5.74) is -0.648. The molecule has 4 fully saturated rings. The third-order valence-corrected chi connectivity index (χ3v) is 7.62. The number of hydrogen-bond donors (Lipinski definition) is 0. The molecular formula is C23H24O9. The first kappa shape index (κ1) is 20.0. The first-order chi connectivity index (χ1) is 15.2. The molecule has 4 aliphatic heterocycles. The van der Waals surface area contributed by atoms with E-state index in [2.05, 4.69) is 6.58 Å². The van der Waals surface area contributed by atoms with Crippen LogP contribution in [0, 0.1) is 5.92 Å². The Hall–Kier alpha value is -2.65. The minimum atomic E-state index is -1.30. The molecule has 0 aromatic carbocycles. The van der Waals surface area contributed by atoms with Crippen LogP contribution in [0.15, 0.2) is 22.6 Å². The first-order valence-electron chi connectivity index (χ1n) is 10.8. The molecule has 9 nitrogen and oxygen atoms in total. The van der Waals surface area contributed by atoms with Gasteiger partial charge in [-0.1, -0.05) is 12.2 Å². The van der Waals surface area contributed by atoms with Crippen molar-refractivity contribution in [2.75, 3.05) is 7.11 Å². The summed E-state index contributed by atoms with van der Waals surface area (Å²) in [6.07, 6.45) is -0.897. The van der Waals surface area contributed by atoms with Gasteiger partial charge in [-0.25, -0.2) is 9.59 Å². The van der Waals surface area contributed by atoms with Gasteiger partial charge in [0.2, 0.25) is 5.60 Å². The lowest BCUT2D eigenvalue weighted by Gasteiger charge is -2.40. The molecule has 0 N–H and O–H groups in total. The van der Waals surface area contributed by atoms with E-state index in [1.54, 1.807) is 6.07 Å². The van der Waals surface area contributed by atoms with Gasteiger partial charge in [0.25, 0.3) is 0 Å². The zero-order valence-corrected chi connectivity index (χ0v) is 18.0. The summed E-state index contributed by atoms with van der Waals surface area (Å²) < 4.78 is 34.3. The lowest BCUT2D eigenvalue weighted by Crippen LogP contribution is -2.44. The number of methoxy groups -OCH3 is 1. The molecule has 0 unspecified atom stereocenters. The number of rotatable bonds is 2. The molecule has 9 heteroatoms. The smallest absolute Gasteiger partial charge is 0.345 e. The lowest BCUT2D eigenvalue weighted by molar-refractivity contribution is -0.166. The van der Waals surface area contributed by atoms with Gasteiger partial charge in [-0.3, -0.25) is 4.79 Å². The molecular weight excluding hydrogens is 420 g/mol. The summed E-state index contributed by atoms with van der Waals surface area (Å²) in [5, 5.41) is 0. The van der Waals surface area contributed by atoms with Gasteiger partial charge < -0.3 is 28.1 Å². The van der Waals surface area contributed by atoms with Crippen molar-refractivity contribution >= 4 is 17.9 Å². The van der Waals surface area contributed by atoms with Crippen LogP contribution in [0.4, 0.5) is 0 Å². The van der Waals surface area contributed by atoms with Crippen LogP contribution in [0.3, 0.4) is 0 Å². The summed E-state index contributed by atoms with van der Waals surface area (Å²) >= 11 is 0. The predicted octanol–water partition coefficient (Wildman–Crippen LogP) is 2.34. The van der Waals surface area contributed by atoms with Crippen molar-refractivity contribution in [3.8, 4) is 0 Å². The van der Waals surface area contributed by atoms with Crippen molar-refractivity contribution < 1.29 is 42.5 Å². The Bertz CT molecular complexity index is 1070. The van der Waals surface area contributed by atoms with Crippen LogP contribution in [-0.2, 0) is 33.3 Å². The Morgan fingerprint density at radius 1 is 1.25 bits per heavy atom. The highest BCUT2D eigenvalue weighted by Gasteiger charge is 2.79. The van der Waals surface area contributed by atoms with E-state index in [9.17, 15) is 14.4 Å². The number of carbonyl (C=O) groups is 3. The molecule has 0 radical (unpaired) electrons. The van der Waals surface area contributed by atoms with Gasteiger partial charge in [0, 0.05) is 19.3 Å². The topological polar surface area (TPSA) is 117 Å². The second kappa shape index (κ2) is 6.23. The largest absolute Gasteiger partial charge is 0.465 e. The molecule has 3 saturated heterocycles. The Kier molecular flexibility index (Phi) is 3.89. The first-order valence-corrected chi connectivity index (χ1v) is 10.8. The minimum absolute atomic E-state index is 0.167. The van der Waals surface area contributed by atoms with E-state index >= 15 is 0 Å². The number of allylic oxidation sites excluding steroid dienone is 1. The number of furan rings is 1. The maximum atomic E-state index is 12.9. The van der Waals surface area contributed by atoms with Crippen LogP contribution in [0.25, 0.3) is 0 Å². The summed E-state index contributed by atoms with van der Waals surface area (Å²) in [6, 6.07) is 1.68. The number of epoxide rings is 2. The Morgan fingerprint density at radius 3 is 2.69 bits per heavy atom. The van der Waals surface area contributed by atoms with Gasteiger partial charge in [-0.05, 0) is 31.7 Å². The van der Waals surface area contributed by atoms with Gasteiger partial charge in [-0.15, -0.1) is 0 Å². The quantitative estimate of drug-likeness (QED) is 0.293. The fourth-order valence-electron chi connectivity index (χ4n) is 5.82. The highest BCUT2D eigenvalue weighted by atomic mass is 16.7. The normalized spacial score (nSPS) is 43.1. The van der Waals surface area contributed by atoms with Crippen LogP contribution in [0.5, 0.6) is 0 Å². The van der Waals surface area contributed by atoms with E-state index < -0.39 is 47.4 Å². The molecule has 1 aromatic rings. The van der Waals surface area contributed by atoms with Gasteiger partial charge in [0.05, 0.1) is 7.11 Å². The maximum absolute atomic E-state index is 12.9. The Morgan fingerprint density at radius 2 is 2.03 bits per heavy atom. The number of fused-ring (bicyclic) bond motifs is 6. The van der Waals surface area contributed by atoms with Crippen LogP contribution >= 0.6 is 0 Å². The molecule has 0 amide bonds. The van der Waals surface area contributed by atoms with E-state index in [0.29, 0.717) is 36.3 Å². The van der Waals surface area contributed by atoms with Gasteiger partial charge in [-0.2, -0.15) is 0 Å². The van der Waals surface area contributed by atoms with Crippen molar-refractivity contribution in [3.05, 3.63) is 35.3 Å². The van der Waals surface area contributed by atoms with E-state index in [-0.39, 0.29) is 17.9 Å². The predicted molar refractivity (Wildman–Crippen MR) is 105 cm³/mol. The highest BCUT2D eigenvalue weighted by Crippen LogP contribution is 2.61. The van der Waals surface area contributed by atoms with Crippen molar-refractivity contribution in [1.82, 2.24) is 0 Å². The lowest BCUT2D eigenvalue weighted by atomic mass is 9.65. The fraction of sp³-hybridized carbons (Fsp3) is 0.609. The summed E-state index contributed by atoms with van der Waals surface area (Å²) in [4.78, 5) is 37.3. The molecule has 4 bridgehead atoms. The Balaban J connectivity index is 1.45. The molecule has 1 saturated carbocycles. The van der Waals surface area contributed by atoms with E-state index in [1.807, 2.05) is 6.92 Å². The standard InChI is InChI=1S/C23H24O9/c1-9-5-12-11(9)7-16(28-10(2)24)23-19(32-23)15(30-21(23)26)8-22(3)18(31-22)14-6-13(17(12)29-14)20(25)27-4/h6,11-12,15-16,18-19H,1,5,7-8H2,2-4H3/t11-,12+,15-,16+,18+,19-,22+,23-/m0/s1. The number of carbonyl (C=O) groups excluding carboxylic acids is 3. The second-order valence-electron chi connectivity index (χ2n) is 9.62. The Labute approximate surface area is 183 Å². The maximum Gasteiger partial charge on any atom is 0.345 e. The average Bonchev–Trinajstić information content (AvgIpc) is 3.56. The van der Waals surface area contributed by atoms with Gasteiger partial charge in [0.1, 0.15) is 47.1 Å². The summed E-state index contributed by atoms with van der Waals surface area (Å²) in [7, 11) is 1.33. The van der Waals surface area contributed by atoms with Crippen LogP contribution in [0.1, 0.15) is 67.0 Å². The molecule has 8 atom stereocenters. The van der Waals surface area contributed by atoms with Crippen LogP contribution in [0.2, 0.25) is 0 Å². The van der Waals surface area contributed by atoms with E-state index in [4.69, 9.17) is 28.1 Å². The summed E-state index contributed by atoms with van der Waals surface area (Å²) in [5.74, 6) is -0.778. The van der Waals surface area contributed by atoms with Crippen molar-refractivity contribution in [3.63, 3.8) is 0 Å². The molecule has 1 aliphatic carbocycles. The molecule has 5 heterocycles. The molecule has 0 spiro atoms. The second-order valence-corrected chi connectivity index (χ2v) is 9.62. The van der Waals surface area contributed by atoms with Crippen molar-refractivity contribution in [1.29, 1.82) is 0 Å². The molecule has 6 rings (SSSR count). The average molecular weight is 444 g/mol. The zero-order chi connectivity index (χ0) is 22.6. The highest BCUT2D eigenvalue weighted by molar-refractivity contribution is 5.91. The van der Waals surface area contributed by atoms with Crippen molar-refractivity contribution in [2.45, 2.75) is 74.6 Å². The monoisotopic (exact) mass is 444 g/mol. The van der Waals surface area contributed by atoms with E-state index in [0.717, 1.165) is 5.57 Å². The van der Waals surface area contributed by atoms with Gasteiger partial charge in [0.15, 0.2) is 0 Å². The molecule has 1 aromatic heterocycles. The minimum Gasteiger partial charge on any atom is -0.465 e. The van der Waals surface area contributed by atoms with Gasteiger partial charge >= 0.3 is 17.9 Å². The van der Waals surface area contributed by atoms with Crippen molar-refractivity contribution in [2.24, 2.45) is 5.92 Å². The molecule has 32 heavy (non-hydrogen) atoms. The number of esters is 3. The molecule has 5 aliphatic rings. The number of hydrogen-bond acceptors (Lipinski definition) is 9. The number of ether oxygens (including phenoxy) is 5. The molecule has 170 valence electrons. The van der Waals surface area contributed by atoms with Crippen LogP contribution in [-0.4, -0.2) is 54.5 Å². The third-order valence-electron chi connectivity index (χ3n) is 7.62.